The number of pyridine rings is 1. The van der Waals surface area contributed by atoms with E-state index in [0.717, 1.165) is 35.8 Å². The highest BCUT2D eigenvalue weighted by Crippen LogP contribution is 2.36. The quantitative estimate of drug-likeness (QED) is 0.907. The van der Waals surface area contributed by atoms with Gasteiger partial charge in [-0.25, -0.2) is 4.98 Å². The van der Waals surface area contributed by atoms with Gasteiger partial charge in [0.1, 0.15) is 5.82 Å². The molecule has 0 spiro atoms. The van der Waals surface area contributed by atoms with Gasteiger partial charge in [0, 0.05) is 35.9 Å². The zero-order valence-corrected chi connectivity index (χ0v) is 14.6. The van der Waals surface area contributed by atoms with Gasteiger partial charge < -0.3 is 10.2 Å². The average Bonchev–Trinajstić information content (AvgIpc) is 2.38. The van der Waals surface area contributed by atoms with E-state index >= 15 is 0 Å². The summed E-state index contributed by atoms with van der Waals surface area (Å²) < 4.78 is 1.05. The number of halogens is 1. The summed E-state index contributed by atoms with van der Waals surface area (Å²) in [5, 5.41) is 3.24. The summed E-state index contributed by atoms with van der Waals surface area (Å²) in [4.78, 5) is 7.09. The summed E-state index contributed by atoms with van der Waals surface area (Å²) in [6.07, 6.45) is 4.44. The number of hydrogen-bond acceptors (Lipinski definition) is 3. The maximum absolute atomic E-state index is 4.65. The molecule has 3 nitrogen and oxygen atoms in total. The number of piperidine rings is 1. The van der Waals surface area contributed by atoms with Gasteiger partial charge in [-0.1, -0.05) is 20.8 Å². The van der Waals surface area contributed by atoms with Crippen LogP contribution in [0.3, 0.4) is 0 Å². The van der Waals surface area contributed by atoms with Crippen molar-refractivity contribution in [1.82, 2.24) is 10.3 Å². The Bertz CT molecular complexity index is 446. The molecule has 1 N–H and O–H groups in total. The lowest BCUT2D eigenvalue weighted by Crippen LogP contribution is -2.39. The fraction of sp³-hybridized carbons (Fsp3) is 0.688. The van der Waals surface area contributed by atoms with Crippen LogP contribution in [0.15, 0.2) is 16.7 Å². The highest BCUT2D eigenvalue weighted by Gasteiger charge is 2.29. The number of nitrogens with zero attached hydrogens (tertiary/aromatic N) is 2. The first kappa shape index (κ1) is 15.8. The molecule has 1 saturated heterocycles. The molecule has 2 rings (SSSR count). The zero-order valence-electron chi connectivity index (χ0n) is 13.0. The van der Waals surface area contributed by atoms with Crippen LogP contribution in [-0.4, -0.2) is 25.1 Å². The third-order valence-corrected chi connectivity index (χ3v) is 4.73. The topological polar surface area (TPSA) is 28.2 Å². The first-order valence-electron chi connectivity index (χ1n) is 7.46. The molecule has 1 aromatic heterocycles. The predicted molar refractivity (Wildman–Crippen MR) is 89.1 cm³/mol. The summed E-state index contributed by atoms with van der Waals surface area (Å²) in [7, 11) is 1.98. The van der Waals surface area contributed by atoms with Gasteiger partial charge >= 0.3 is 0 Å². The Labute approximate surface area is 131 Å². The van der Waals surface area contributed by atoms with Crippen LogP contribution in [0, 0.1) is 11.3 Å². The van der Waals surface area contributed by atoms with Crippen LogP contribution in [0.4, 0.5) is 5.82 Å². The molecular weight excluding hydrogens is 314 g/mol. The fourth-order valence-electron chi connectivity index (χ4n) is 3.04. The van der Waals surface area contributed by atoms with Crippen LogP contribution < -0.4 is 10.2 Å². The van der Waals surface area contributed by atoms with Crippen molar-refractivity contribution >= 4 is 21.7 Å². The second kappa shape index (κ2) is 6.44. The smallest absolute Gasteiger partial charge is 0.133 e. The third kappa shape index (κ3) is 3.73. The van der Waals surface area contributed by atoms with E-state index < -0.39 is 0 Å². The van der Waals surface area contributed by atoms with Crippen LogP contribution in [-0.2, 0) is 6.54 Å². The van der Waals surface area contributed by atoms with Gasteiger partial charge in [0.25, 0.3) is 0 Å². The summed E-state index contributed by atoms with van der Waals surface area (Å²) in [5.74, 6) is 1.97. The normalized spacial score (nSPS) is 17.6. The number of nitrogens with one attached hydrogen (secondary N) is 1. The molecule has 0 radical (unpaired) electrons. The molecule has 112 valence electrons. The molecule has 0 bridgehead atoms. The van der Waals surface area contributed by atoms with Crippen molar-refractivity contribution < 1.29 is 0 Å². The van der Waals surface area contributed by atoms with Gasteiger partial charge in [0.2, 0.25) is 0 Å². The minimum Gasteiger partial charge on any atom is -0.356 e. The molecule has 0 atom stereocenters. The molecule has 1 aliphatic heterocycles. The van der Waals surface area contributed by atoms with Crippen molar-refractivity contribution in [3.05, 3.63) is 22.3 Å². The van der Waals surface area contributed by atoms with Crippen molar-refractivity contribution in [2.75, 3.05) is 25.0 Å². The number of rotatable bonds is 3. The summed E-state index contributed by atoms with van der Waals surface area (Å²) in [5.41, 5.74) is 1.70. The van der Waals surface area contributed by atoms with E-state index in [1.807, 2.05) is 13.2 Å². The first-order chi connectivity index (χ1) is 9.41. The highest BCUT2D eigenvalue weighted by molar-refractivity contribution is 9.10. The zero-order chi connectivity index (χ0) is 14.8. The molecule has 0 unspecified atom stereocenters. The van der Waals surface area contributed by atoms with Gasteiger partial charge in [-0.15, -0.1) is 0 Å². The van der Waals surface area contributed by atoms with Gasteiger partial charge in [-0.05, 0) is 53.2 Å². The standard InChI is InChI=1S/C16H26BrN3/c1-16(2,3)13-5-7-20(8-6-13)15-12(10-18-4)9-14(17)11-19-15/h9,11,13,18H,5-8,10H2,1-4H3. The maximum atomic E-state index is 4.65. The Morgan fingerprint density at radius 2 is 2.00 bits per heavy atom. The minimum atomic E-state index is 0.424. The lowest BCUT2D eigenvalue weighted by atomic mass is 9.75. The van der Waals surface area contributed by atoms with Crippen molar-refractivity contribution in [2.24, 2.45) is 11.3 Å². The van der Waals surface area contributed by atoms with Crippen LogP contribution in [0.1, 0.15) is 39.2 Å². The van der Waals surface area contributed by atoms with Crippen molar-refractivity contribution in [3.8, 4) is 0 Å². The van der Waals surface area contributed by atoms with Crippen LogP contribution >= 0.6 is 15.9 Å². The van der Waals surface area contributed by atoms with Gasteiger partial charge in [0.05, 0.1) is 0 Å². The number of anilines is 1. The molecule has 0 saturated carbocycles. The van der Waals surface area contributed by atoms with E-state index in [2.05, 4.69) is 58.0 Å². The van der Waals surface area contributed by atoms with Crippen LogP contribution in [0.5, 0.6) is 0 Å². The van der Waals surface area contributed by atoms with Gasteiger partial charge in [0.15, 0.2) is 0 Å². The second-order valence-corrected chi connectivity index (χ2v) is 7.71. The van der Waals surface area contributed by atoms with Crippen molar-refractivity contribution in [3.63, 3.8) is 0 Å². The van der Waals surface area contributed by atoms with Crippen LogP contribution in [0.25, 0.3) is 0 Å². The number of hydrogen-bond donors (Lipinski definition) is 1. The van der Waals surface area contributed by atoms with Crippen LogP contribution in [0.2, 0.25) is 0 Å². The Kier molecular flexibility index (Phi) is 5.08. The molecular formula is C16H26BrN3. The Balaban J connectivity index is 2.10. The molecule has 20 heavy (non-hydrogen) atoms. The molecule has 4 heteroatoms. The second-order valence-electron chi connectivity index (χ2n) is 6.79. The number of aromatic nitrogens is 1. The van der Waals surface area contributed by atoms with E-state index in [9.17, 15) is 0 Å². The maximum Gasteiger partial charge on any atom is 0.133 e. The summed E-state index contributed by atoms with van der Waals surface area (Å²) in [6.45, 7) is 10.2. The van der Waals surface area contributed by atoms with E-state index in [0.29, 0.717) is 5.41 Å². The average molecular weight is 340 g/mol. The summed E-state index contributed by atoms with van der Waals surface area (Å²) >= 11 is 3.52. The molecule has 0 aromatic carbocycles. The molecule has 0 aliphatic carbocycles. The molecule has 1 aromatic rings. The monoisotopic (exact) mass is 339 g/mol. The van der Waals surface area contributed by atoms with E-state index in [4.69, 9.17) is 0 Å². The Hall–Kier alpha value is -0.610. The largest absolute Gasteiger partial charge is 0.356 e. The first-order valence-corrected chi connectivity index (χ1v) is 8.25. The summed E-state index contributed by atoms with van der Waals surface area (Å²) in [6, 6.07) is 2.18. The van der Waals surface area contributed by atoms with E-state index in [1.54, 1.807) is 0 Å². The van der Waals surface area contributed by atoms with Crippen molar-refractivity contribution in [1.29, 1.82) is 0 Å². The lowest BCUT2D eigenvalue weighted by Gasteiger charge is -2.39. The SMILES string of the molecule is CNCc1cc(Br)cnc1N1CCC(C(C)(C)C)CC1. The lowest BCUT2D eigenvalue weighted by molar-refractivity contribution is 0.198. The highest BCUT2D eigenvalue weighted by atomic mass is 79.9. The van der Waals surface area contributed by atoms with Gasteiger partial charge in [-0.2, -0.15) is 0 Å². The Morgan fingerprint density at radius 3 is 2.55 bits per heavy atom. The fourth-order valence-corrected chi connectivity index (χ4v) is 3.42. The molecule has 1 aliphatic rings. The predicted octanol–water partition coefficient (Wildman–Crippen LogP) is 3.83. The van der Waals surface area contributed by atoms with Gasteiger partial charge in [-0.3, -0.25) is 0 Å². The van der Waals surface area contributed by atoms with Crippen molar-refractivity contribution in [2.45, 2.75) is 40.2 Å². The molecule has 0 amide bonds. The molecule has 1 fully saturated rings. The third-order valence-electron chi connectivity index (χ3n) is 4.30. The molecule has 2 heterocycles. The minimum absolute atomic E-state index is 0.424. The Morgan fingerprint density at radius 1 is 1.35 bits per heavy atom. The van der Waals surface area contributed by atoms with E-state index in [1.165, 1.54) is 18.4 Å². The van der Waals surface area contributed by atoms with E-state index in [-0.39, 0.29) is 0 Å².